The standard InChI is InChI=1S/C27H36N2O7/c1-4-15-28(18-9-11-19(35-3)12-10-18)24(32)22-27-14-13-26(2,36-27)21(25(33)34)20(27)23(31)29(22)16-7-5-6-8-17-30/h4,9-12,20-22,30H,1,5-8,13-17H2,2-3H3,(H,33,34)/t20-,21+,22?,26-,27?/m0/s1. The van der Waals surface area contributed by atoms with Gasteiger partial charge in [-0.3, -0.25) is 14.4 Å². The molecule has 0 radical (unpaired) electrons. The molecule has 2 bridgehead atoms. The number of aliphatic hydroxyl groups is 1. The van der Waals surface area contributed by atoms with Gasteiger partial charge in [-0.25, -0.2) is 0 Å². The summed E-state index contributed by atoms with van der Waals surface area (Å²) in [6.07, 6.45) is 5.48. The largest absolute Gasteiger partial charge is 0.497 e. The third-order valence-electron chi connectivity index (χ3n) is 8.05. The Morgan fingerprint density at radius 2 is 1.92 bits per heavy atom. The summed E-state index contributed by atoms with van der Waals surface area (Å²) in [5.41, 5.74) is -1.53. The van der Waals surface area contributed by atoms with Crippen molar-refractivity contribution in [3.8, 4) is 5.75 Å². The minimum Gasteiger partial charge on any atom is -0.497 e. The van der Waals surface area contributed by atoms with E-state index in [1.165, 1.54) is 0 Å². The zero-order valence-corrected chi connectivity index (χ0v) is 21.0. The highest BCUT2D eigenvalue weighted by Crippen LogP contribution is 2.63. The predicted molar refractivity (Wildman–Crippen MR) is 133 cm³/mol. The number of hydrogen-bond acceptors (Lipinski definition) is 6. The lowest BCUT2D eigenvalue weighted by molar-refractivity contribution is -0.154. The van der Waals surface area contributed by atoms with Crippen LogP contribution in [0.1, 0.15) is 45.4 Å². The molecule has 9 heteroatoms. The quantitative estimate of drug-likeness (QED) is 0.335. The monoisotopic (exact) mass is 500 g/mol. The van der Waals surface area contributed by atoms with E-state index in [0.29, 0.717) is 43.7 Å². The molecule has 9 nitrogen and oxygen atoms in total. The molecular formula is C27H36N2O7. The molecule has 3 fully saturated rings. The fraction of sp³-hybridized carbons (Fsp3) is 0.593. The molecule has 0 saturated carbocycles. The van der Waals surface area contributed by atoms with E-state index in [0.717, 1.165) is 12.8 Å². The summed E-state index contributed by atoms with van der Waals surface area (Å²) in [5, 5.41) is 19.1. The predicted octanol–water partition coefficient (Wildman–Crippen LogP) is 2.62. The number of carbonyl (C=O) groups excluding carboxylic acids is 2. The topological polar surface area (TPSA) is 117 Å². The maximum absolute atomic E-state index is 14.3. The number of aliphatic hydroxyl groups excluding tert-OH is 1. The second-order valence-electron chi connectivity index (χ2n) is 10.2. The minimum atomic E-state index is -1.18. The molecule has 36 heavy (non-hydrogen) atoms. The van der Waals surface area contributed by atoms with Crippen LogP contribution >= 0.6 is 0 Å². The summed E-state index contributed by atoms with van der Waals surface area (Å²) in [4.78, 5) is 43.5. The van der Waals surface area contributed by atoms with E-state index in [1.54, 1.807) is 54.2 Å². The van der Waals surface area contributed by atoms with Crippen molar-refractivity contribution in [2.24, 2.45) is 11.8 Å². The van der Waals surface area contributed by atoms with Gasteiger partial charge in [-0.2, -0.15) is 0 Å². The van der Waals surface area contributed by atoms with Gasteiger partial charge in [0.2, 0.25) is 5.91 Å². The summed E-state index contributed by atoms with van der Waals surface area (Å²) in [6, 6.07) is 6.15. The number of amides is 2. The number of benzene rings is 1. The first-order valence-electron chi connectivity index (χ1n) is 12.6. The van der Waals surface area contributed by atoms with E-state index >= 15 is 0 Å². The average molecular weight is 501 g/mol. The van der Waals surface area contributed by atoms with Crippen LogP contribution in [-0.2, 0) is 19.1 Å². The molecule has 0 aromatic heterocycles. The normalized spacial score (nSPS) is 30.4. The van der Waals surface area contributed by atoms with Gasteiger partial charge < -0.3 is 29.5 Å². The highest BCUT2D eigenvalue weighted by molar-refractivity contribution is 6.04. The Kier molecular flexibility index (Phi) is 7.43. The van der Waals surface area contributed by atoms with E-state index in [-0.39, 0.29) is 25.0 Å². The smallest absolute Gasteiger partial charge is 0.310 e. The SMILES string of the molecule is C=CCN(C(=O)C1N(CCCCCCO)C(=O)[C@@H]2[C@H](C(=O)O)[C@]3(C)CCC12O3)c1ccc(OC)cc1. The van der Waals surface area contributed by atoms with Crippen LogP contribution in [0.2, 0.25) is 0 Å². The van der Waals surface area contributed by atoms with Crippen LogP contribution in [0.3, 0.4) is 0 Å². The second-order valence-corrected chi connectivity index (χ2v) is 10.2. The first-order chi connectivity index (χ1) is 17.2. The number of nitrogens with zero attached hydrogens (tertiary/aromatic N) is 2. The van der Waals surface area contributed by atoms with E-state index in [1.807, 2.05) is 0 Å². The van der Waals surface area contributed by atoms with Crippen LogP contribution in [0.15, 0.2) is 36.9 Å². The highest BCUT2D eigenvalue weighted by atomic mass is 16.5. The number of hydrogen-bond donors (Lipinski definition) is 2. The second kappa shape index (κ2) is 10.2. The Bertz CT molecular complexity index is 1010. The molecule has 3 heterocycles. The van der Waals surface area contributed by atoms with Gasteiger partial charge in [-0.1, -0.05) is 18.9 Å². The third kappa shape index (κ3) is 4.18. The zero-order valence-electron chi connectivity index (χ0n) is 21.0. The van der Waals surface area contributed by atoms with Crippen LogP contribution in [0.4, 0.5) is 5.69 Å². The number of ether oxygens (including phenoxy) is 2. The molecule has 4 rings (SSSR count). The fourth-order valence-electron chi connectivity index (χ4n) is 6.43. The van der Waals surface area contributed by atoms with Gasteiger partial charge in [-0.15, -0.1) is 6.58 Å². The highest BCUT2D eigenvalue weighted by Gasteiger charge is 2.78. The molecule has 1 aromatic carbocycles. The molecular weight excluding hydrogens is 464 g/mol. The molecule has 1 spiro atoms. The van der Waals surface area contributed by atoms with Crippen LogP contribution in [0.5, 0.6) is 5.75 Å². The Balaban J connectivity index is 1.71. The lowest BCUT2D eigenvalue weighted by atomic mass is 9.66. The zero-order chi connectivity index (χ0) is 26.1. The van der Waals surface area contributed by atoms with Gasteiger partial charge in [0, 0.05) is 25.4 Å². The number of anilines is 1. The Hall–Kier alpha value is -2.91. The number of unbranched alkanes of at least 4 members (excludes halogenated alkanes) is 3. The molecule has 1 aromatic rings. The number of carbonyl (C=O) groups is 3. The van der Waals surface area contributed by atoms with Crippen LogP contribution < -0.4 is 9.64 Å². The number of carboxylic acid groups (broad SMARTS) is 1. The van der Waals surface area contributed by atoms with Crippen molar-refractivity contribution in [3.05, 3.63) is 36.9 Å². The van der Waals surface area contributed by atoms with Crippen molar-refractivity contribution in [2.75, 3.05) is 31.7 Å². The summed E-state index contributed by atoms with van der Waals surface area (Å²) >= 11 is 0. The fourth-order valence-corrected chi connectivity index (χ4v) is 6.43. The first kappa shape index (κ1) is 26.2. The Labute approximate surface area is 211 Å². The molecule has 3 aliphatic rings. The number of carboxylic acids is 1. The molecule has 3 saturated heterocycles. The number of methoxy groups -OCH3 is 1. The molecule has 3 aliphatic heterocycles. The maximum atomic E-state index is 14.3. The van der Waals surface area contributed by atoms with E-state index in [4.69, 9.17) is 14.6 Å². The first-order valence-corrected chi connectivity index (χ1v) is 12.6. The van der Waals surface area contributed by atoms with Gasteiger partial charge in [0.05, 0.1) is 24.5 Å². The van der Waals surface area contributed by atoms with Crippen molar-refractivity contribution in [2.45, 2.75) is 62.7 Å². The number of fused-ring (bicyclic) bond motifs is 1. The summed E-state index contributed by atoms with van der Waals surface area (Å²) < 4.78 is 11.7. The maximum Gasteiger partial charge on any atom is 0.310 e. The van der Waals surface area contributed by atoms with E-state index in [9.17, 15) is 19.5 Å². The van der Waals surface area contributed by atoms with Gasteiger partial charge in [-0.05, 0) is 56.9 Å². The molecule has 196 valence electrons. The van der Waals surface area contributed by atoms with Crippen molar-refractivity contribution in [3.63, 3.8) is 0 Å². The lowest BCUT2D eigenvalue weighted by Crippen LogP contribution is -2.56. The minimum absolute atomic E-state index is 0.111. The Morgan fingerprint density at radius 1 is 1.22 bits per heavy atom. The Morgan fingerprint density at radius 3 is 2.53 bits per heavy atom. The van der Waals surface area contributed by atoms with Gasteiger partial charge in [0.1, 0.15) is 17.4 Å². The lowest BCUT2D eigenvalue weighted by Gasteiger charge is -2.37. The molecule has 2 amide bonds. The number of aliphatic carboxylic acids is 1. The molecule has 2 unspecified atom stereocenters. The van der Waals surface area contributed by atoms with Gasteiger partial charge >= 0.3 is 5.97 Å². The molecule has 2 N–H and O–H groups in total. The van der Waals surface area contributed by atoms with Crippen LogP contribution in [0.25, 0.3) is 0 Å². The van der Waals surface area contributed by atoms with Crippen molar-refractivity contribution in [1.29, 1.82) is 0 Å². The van der Waals surface area contributed by atoms with E-state index in [2.05, 4.69) is 6.58 Å². The summed E-state index contributed by atoms with van der Waals surface area (Å²) in [7, 11) is 1.57. The van der Waals surface area contributed by atoms with Gasteiger partial charge in [0.25, 0.3) is 5.91 Å². The van der Waals surface area contributed by atoms with Crippen molar-refractivity contribution >= 4 is 23.5 Å². The third-order valence-corrected chi connectivity index (χ3v) is 8.05. The summed E-state index contributed by atoms with van der Waals surface area (Å²) in [5.74, 6) is -2.93. The van der Waals surface area contributed by atoms with Gasteiger partial charge in [0.15, 0.2) is 0 Å². The van der Waals surface area contributed by atoms with Crippen LogP contribution in [0, 0.1) is 11.8 Å². The molecule has 5 atom stereocenters. The average Bonchev–Trinajstić information content (AvgIpc) is 3.43. The van der Waals surface area contributed by atoms with Crippen molar-refractivity contribution < 1.29 is 34.1 Å². The summed E-state index contributed by atoms with van der Waals surface area (Å²) in [6.45, 7) is 6.22. The van der Waals surface area contributed by atoms with Crippen LogP contribution in [-0.4, -0.2) is 76.9 Å². The molecule has 0 aliphatic carbocycles. The number of rotatable bonds is 12. The number of likely N-dealkylation sites (tertiary alicyclic amines) is 1. The van der Waals surface area contributed by atoms with Crippen molar-refractivity contribution in [1.82, 2.24) is 4.90 Å². The van der Waals surface area contributed by atoms with E-state index < -0.39 is 35.0 Å².